The van der Waals surface area contributed by atoms with E-state index in [-0.39, 0.29) is 17.9 Å². The summed E-state index contributed by atoms with van der Waals surface area (Å²) in [6.45, 7) is 3.08. The fraction of sp³-hybridized carbons (Fsp3) is 0.545. The number of allylic oxidation sites excluding steroid dienone is 4. The molecular weight excluding hydrogens is 378 g/mol. The molecule has 0 unspecified atom stereocenters. The lowest BCUT2D eigenvalue weighted by atomic mass is 9.79. The Kier molecular flexibility index (Phi) is 5.70. The van der Waals surface area contributed by atoms with E-state index in [0.717, 1.165) is 44.8 Å². The smallest absolute Gasteiger partial charge is 0.203 e. The van der Waals surface area contributed by atoms with Crippen LogP contribution in [0, 0.1) is 17.6 Å². The van der Waals surface area contributed by atoms with Crippen molar-refractivity contribution < 1.29 is 26.3 Å². The molecule has 0 aliphatic heterocycles. The maximum Gasteiger partial charge on any atom is 0.335 e. The highest BCUT2D eigenvalue weighted by atomic mass is 19.3. The molecule has 0 spiro atoms. The Hall–Kier alpha value is -1.72. The third-order valence-corrected chi connectivity index (χ3v) is 6.14. The van der Waals surface area contributed by atoms with Crippen molar-refractivity contribution in [3.63, 3.8) is 0 Å². The van der Waals surface area contributed by atoms with Crippen LogP contribution in [0.2, 0.25) is 0 Å². The molecule has 3 rings (SSSR count). The molecule has 1 saturated carbocycles. The van der Waals surface area contributed by atoms with Crippen LogP contribution in [0.15, 0.2) is 35.4 Å². The van der Waals surface area contributed by atoms with Crippen LogP contribution in [0.5, 0.6) is 0 Å². The third-order valence-electron chi connectivity index (χ3n) is 6.14. The van der Waals surface area contributed by atoms with Gasteiger partial charge in [0.1, 0.15) is 0 Å². The van der Waals surface area contributed by atoms with Crippen LogP contribution in [0.1, 0.15) is 63.0 Å². The van der Waals surface area contributed by atoms with Gasteiger partial charge < -0.3 is 0 Å². The molecular formula is C22H24F6. The zero-order valence-corrected chi connectivity index (χ0v) is 16.0. The summed E-state index contributed by atoms with van der Waals surface area (Å²) in [4.78, 5) is 0. The SMILES string of the molecule is CC1=CC=C(CCc2ccc(C3CCC(C)CC3)c(F)c2F)C(F)(F)C1(F)F. The molecule has 0 bridgehead atoms. The molecule has 6 heteroatoms. The predicted octanol–water partition coefficient (Wildman–Crippen LogP) is 7.35. The second-order valence-corrected chi connectivity index (χ2v) is 8.09. The Balaban J connectivity index is 1.76. The normalized spacial score (nSPS) is 26.6. The van der Waals surface area contributed by atoms with E-state index in [9.17, 15) is 26.3 Å². The second kappa shape index (κ2) is 7.60. The van der Waals surface area contributed by atoms with E-state index in [1.54, 1.807) is 0 Å². The third kappa shape index (κ3) is 3.62. The van der Waals surface area contributed by atoms with Crippen molar-refractivity contribution in [1.29, 1.82) is 0 Å². The topological polar surface area (TPSA) is 0 Å². The predicted molar refractivity (Wildman–Crippen MR) is 96.8 cm³/mol. The van der Waals surface area contributed by atoms with E-state index < -0.39 is 41.0 Å². The van der Waals surface area contributed by atoms with Gasteiger partial charge in [0.15, 0.2) is 11.6 Å². The minimum atomic E-state index is -4.33. The van der Waals surface area contributed by atoms with E-state index in [1.807, 2.05) is 0 Å². The van der Waals surface area contributed by atoms with Gasteiger partial charge in [-0.25, -0.2) is 8.78 Å². The molecule has 28 heavy (non-hydrogen) atoms. The van der Waals surface area contributed by atoms with Crippen LogP contribution in [0.25, 0.3) is 0 Å². The fourth-order valence-electron chi connectivity index (χ4n) is 4.08. The molecule has 1 aromatic carbocycles. The summed E-state index contributed by atoms with van der Waals surface area (Å²) in [6.07, 6.45) is 4.66. The van der Waals surface area contributed by atoms with Crippen molar-refractivity contribution in [3.8, 4) is 0 Å². The van der Waals surface area contributed by atoms with Crippen molar-refractivity contribution in [3.05, 3.63) is 58.2 Å². The largest absolute Gasteiger partial charge is 0.335 e. The minimum Gasteiger partial charge on any atom is -0.203 e. The van der Waals surface area contributed by atoms with Crippen LogP contribution in [-0.4, -0.2) is 11.8 Å². The summed E-state index contributed by atoms with van der Waals surface area (Å²) in [7, 11) is 0. The highest BCUT2D eigenvalue weighted by Crippen LogP contribution is 2.48. The van der Waals surface area contributed by atoms with E-state index in [0.29, 0.717) is 11.5 Å². The molecule has 0 nitrogen and oxygen atoms in total. The zero-order valence-electron chi connectivity index (χ0n) is 16.0. The summed E-state index contributed by atoms with van der Waals surface area (Å²) in [5.74, 6) is -10.1. The monoisotopic (exact) mass is 402 g/mol. The first kappa shape index (κ1) is 21.0. The number of benzene rings is 1. The minimum absolute atomic E-state index is 0.0445. The Morgan fingerprint density at radius 3 is 2.14 bits per heavy atom. The standard InChI is InChI=1S/C22H24F6/c1-13-3-6-15(7-4-13)18-12-9-16(19(23)20(18)24)8-11-17-10-5-14(2)21(25,26)22(17,27)28/h5,9-10,12-13,15H,3-4,6-8,11H2,1-2H3. The molecule has 0 aromatic heterocycles. The summed E-state index contributed by atoms with van der Waals surface area (Å²) in [5.41, 5.74) is -1.24. The van der Waals surface area contributed by atoms with Crippen LogP contribution < -0.4 is 0 Å². The molecule has 2 aliphatic rings. The molecule has 0 heterocycles. The Labute approximate surface area is 161 Å². The molecule has 154 valence electrons. The first-order valence-electron chi connectivity index (χ1n) is 9.66. The van der Waals surface area contributed by atoms with Crippen molar-refractivity contribution in [2.45, 2.75) is 70.1 Å². The number of alkyl halides is 4. The number of aryl methyl sites for hydroxylation is 1. The van der Waals surface area contributed by atoms with E-state index >= 15 is 0 Å². The highest BCUT2D eigenvalue weighted by molar-refractivity contribution is 5.38. The van der Waals surface area contributed by atoms with Crippen LogP contribution >= 0.6 is 0 Å². The second-order valence-electron chi connectivity index (χ2n) is 8.09. The van der Waals surface area contributed by atoms with Crippen LogP contribution in [-0.2, 0) is 6.42 Å². The number of rotatable bonds is 4. The fourth-order valence-corrected chi connectivity index (χ4v) is 4.08. The molecule has 0 amide bonds. The van der Waals surface area contributed by atoms with Gasteiger partial charge in [0.25, 0.3) is 0 Å². The van der Waals surface area contributed by atoms with E-state index in [4.69, 9.17) is 0 Å². The van der Waals surface area contributed by atoms with Crippen LogP contribution in [0.3, 0.4) is 0 Å². The average Bonchev–Trinajstić information content (AvgIpc) is 2.64. The van der Waals surface area contributed by atoms with Gasteiger partial charge in [-0.1, -0.05) is 44.1 Å². The van der Waals surface area contributed by atoms with Gasteiger partial charge in [-0.15, -0.1) is 0 Å². The molecule has 1 fully saturated rings. The van der Waals surface area contributed by atoms with Gasteiger partial charge in [-0.05, 0) is 55.6 Å². The van der Waals surface area contributed by atoms with Crippen molar-refractivity contribution in [2.75, 3.05) is 0 Å². The first-order chi connectivity index (χ1) is 13.1. The van der Waals surface area contributed by atoms with E-state index in [2.05, 4.69) is 6.92 Å². The number of halogens is 6. The maximum absolute atomic E-state index is 14.6. The lowest BCUT2D eigenvalue weighted by Crippen LogP contribution is -2.44. The van der Waals surface area contributed by atoms with Crippen molar-refractivity contribution in [1.82, 2.24) is 0 Å². The molecule has 2 aliphatic carbocycles. The summed E-state index contributed by atoms with van der Waals surface area (Å²) >= 11 is 0. The van der Waals surface area contributed by atoms with Gasteiger partial charge in [-0.2, -0.15) is 17.6 Å². The summed E-state index contributed by atoms with van der Waals surface area (Å²) < 4.78 is 84.8. The molecule has 0 atom stereocenters. The lowest BCUT2D eigenvalue weighted by molar-refractivity contribution is -0.164. The van der Waals surface area contributed by atoms with E-state index in [1.165, 1.54) is 12.1 Å². The Morgan fingerprint density at radius 2 is 1.50 bits per heavy atom. The van der Waals surface area contributed by atoms with Gasteiger partial charge in [0, 0.05) is 11.1 Å². The number of hydrogen-bond donors (Lipinski definition) is 0. The lowest BCUT2D eigenvalue weighted by Gasteiger charge is -2.32. The van der Waals surface area contributed by atoms with Gasteiger partial charge in [0.2, 0.25) is 0 Å². The van der Waals surface area contributed by atoms with Gasteiger partial charge in [-0.3, -0.25) is 0 Å². The van der Waals surface area contributed by atoms with Crippen molar-refractivity contribution >= 4 is 0 Å². The molecule has 0 radical (unpaired) electrons. The zero-order chi connectivity index (χ0) is 20.7. The molecule has 1 aromatic rings. The summed E-state index contributed by atoms with van der Waals surface area (Å²) in [5, 5.41) is 0. The quantitative estimate of drug-likeness (QED) is 0.462. The Morgan fingerprint density at radius 1 is 0.857 bits per heavy atom. The summed E-state index contributed by atoms with van der Waals surface area (Å²) in [6, 6.07) is 2.91. The van der Waals surface area contributed by atoms with Crippen molar-refractivity contribution in [2.24, 2.45) is 5.92 Å². The molecule has 0 N–H and O–H groups in total. The first-order valence-corrected chi connectivity index (χ1v) is 9.66. The maximum atomic E-state index is 14.6. The Bertz CT molecular complexity index is 797. The van der Waals surface area contributed by atoms with Gasteiger partial charge in [0.05, 0.1) is 0 Å². The highest BCUT2D eigenvalue weighted by Gasteiger charge is 2.60. The van der Waals surface area contributed by atoms with Gasteiger partial charge >= 0.3 is 11.8 Å². The van der Waals surface area contributed by atoms with Crippen LogP contribution in [0.4, 0.5) is 26.3 Å². The average molecular weight is 402 g/mol. The molecule has 0 saturated heterocycles. The number of hydrogen-bond acceptors (Lipinski definition) is 0.